The number of carbonyl (C=O) groups is 1. The minimum absolute atomic E-state index is 0.205. The van der Waals surface area contributed by atoms with E-state index in [4.69, 9.17) is 4.74 Å². The van der Waals surface area contributed by atoms with Crippen molar-refractivity contribution in [3.05, 3.63) is 29.8 Å². The number of esters is 1. The quantitative estimate of drug-likeness (QED) is 0.672. The van der Waals surface area contributed by atoms with Gasteiger partial charge >= 0.3 is 5.97 Å². The van der Waals surface area contributed by atoms with Gasteiger partial charge in [0.25, 0.3) is 10.0 Å². The molecule has 1 heterocycles. The number of rotatable bonds is 6. The number of sulfonamides is 1. The van der Waals surface area contributed by atoms with Crippen molar-refractivity contribution in [3.8, 4) is 0 Å². The fourth-order valence-electron chi connectivity index (χ4n) is 2.42. The summed E-state index contributed by atoms with van der Waals surface area (Å²) in [6, 6.07) is 7.23. The number of benzene rings is 1. The zero-order valence-corrected chi connectivity index (χ0v) is 14.3. The molecule has 0 radical (unpaired) electrons. The van der Waals surface area contributed by atoms with Crippen molar-refractivity contribution in [1.29, 1.82) is 0 Å². The molecule has 0 aliphatic carbocycles. The number of anilines is 1. The van der Waals surface area contributed by atoms with Crippen LogP contribution in [-0.2, 0) is 19.6 Å². The summed E-state index contributed by atoms with van der Waals surface area (Å²) >= 11 is 0. The summed E-state index contributed by atoms with van der Waals surface area (Å²) in [5.41, 5.74) is 6.87. The van der Waals surface area contributed by atoms with Crippen LogP contribution in [-0.4, -0.2) is 32.9 Å². The summed E-state index contributed by atoms with van der Waals surface area (Å²) in [6.45, 7) is 6.18. The van der Waals surface area contributed by atoms with E-state index in [2.05, 4.69) is 15.6 Å². The monoisotopic (exact) mass is 341 g/mol. The van der Waals surface area contributed by atoms with Crippen molar-refractivity contribution in [2.45, 2.75) is 32.1 Å². The second kappa shape index (κ2) is 7.29. The Kier molecular flexibility index (Phi) is 5.61. The average Bonchev–Trinajstić information content (AvgIpc) is 2.97. The highest BCUT2D eigenvalue weighted by atomic mass is 32.2. The maximum absolute atomic E-state index is 12.6. The van der Waals surface area contributed by atoms with Crippen molar-refractivity contribution in [2.24, 2.45) is 5.92 Å². The van der Waals surface area contributed by atoms with Crippen LogP contribution in [0.25, 0.3) is 0 Å². The molecule has 1 aromatic rings. The Morgan fingerprint density at radius 3 is 2.83 bits per heavy atom. The van der Waals surface area contributed by atoms with Crippen LogP contribution in [0.4, 0.5) is 5.69 Å². The molecule has 0 amide bonds. The summed E-state index contributed by atoms with van der Waals surface area (Å²) in [6.07, 6.45) is 0. The molecule has 128 valence electrons. The Morgan fingerprint density at radius 1 is 1.43 bits per heavy atom. The molecule has 3 N–H and O–H groups in total. The van der Waals surface area contributed by atoms with Crippen molar-refractivity contribution in [2.75, 3.05) is 17.9 Å². The second-order valence-corrected chi connectivity index (χ2v) is 7.53. The molecule has 0 aromatic heterocycles. The van der Waals surface area contributed by atoms with E-state index in [9.17, 15) is 13.2 Å². The Balaban J connectivity index is 2.18. The van der Waals surface area contributed by atoms with E-state index in [1.165, 1.54) is 0 Å². The lowest BCUT2D eigenvalue weighted by Crippen LogP contribution is -2.44. The molecule has 1 aliphatic rings. The molecule has 1 fully saturated rings. The Bertz CT molecular complexity index is 660. The van der Waals surface area contributed by atoms with Gasteiger partial charge in [-0.3, -0.25) is 14.9 Å². The highest BCUT2D eigenvalue weighted by Gasteiger charge is 2.42. The number of nitrogens with one attached hydrogen (secondary N) is 3. The zero-order chi connectivity index (χ0) is 17.0. The highest BCUT2D eigenvalue weighted by Crippen LogP contribution is 2.22. The largest absolute Gasteiger partial charge is 0.466 e. The molecular formula is C15H23N3O4S. The highest BCUT2D eigenvalue weighted by molar-refractivity contribution is 7.93. The first-order chi connectivity index (χ1) is 10.8. The van der Waals surface area contributed by atoms with Gasteiger partial charge in [-0.15, -0.1) is 0 Å². The third-order valence-corrected chi connectivity index (χ3v) is 5.30. The minimum Gasteiger partial charge on any atom is -0.466 e. The third-order valence-electron chi connectivity index (χ3n) is 3.67. The van der Waals surface area contributed by atoms with Crippen LogP contribution < -0.4 is 15.6 Å². The molecule has 1 aromatic carbocycles. The van der Waals surface area contributed by atoms with Crippen LogP contribution in [0.2, 0.25) is 0 Å². The second-order valence-electron chi connectivity index (χ2n) is 5.73. The number of hydrogen-bond acceptors (Lipinski definition) is 6. The molecule has 2 rings (SSSR count). The van der Waals surface area contributed by atoms with Crippen molar-refractivity contribution >= 4 is 21.7 Å². The fourth-order valence-corrected chi connectivity index (χ4v) is 3.88. The topological polar surface area (TPSA) is 96.5 Å². The lowest BCUT2D eigenvalue weighted by molar-refractivity contribution is -0.147. The molecule has 8 heteroatoms. The van der Waals surface area contributed by atoms with Crippen LogP contribution in [0.1, 0.15) is 32.3 Å². The number of hydrogen-bond donors (Lipinski definition) is 3. The molecule has 23 heavy (non-hydrogen) atoms. The first-order valence-corrected chi connectivity index (χ1v) is 9.16. The average molecular weight is 341 g/mol. The molecule has 1 aliphatic heterocycles. The van der Waals surface area contributed by atoms with Crippen molar-refractivity contribution in [3.63, 3.8) is 0 Å². The number of carbonyl (C=O) groups excluding carboxylic acids is 1. The Hall–Kier alpha value is -1.64. The Labute approximate surface area is 136 Å². The summed E-state index contributed by atoms with van der Waals surface area (Å²) in [5.74, 6) is -1.03. The predicted octanol–water partition coefficient (Wildman–Crippen LogP) is 1.16. The van der Waals surface area contributed by atoms with Crippen molar-refractivity contribution in [1.82, 2.24) is 10.9 Å². The lowest BCUT2D eigenvalue weighted by atomic mass is 10.0. The van der Waals surface area contributed by atoms with Crippen LogP contribution in [0.3, 0.4) is 0 Å². The van der Waals surface area contributed by atoms with E-state index in [1.807, 2.05) is 19.9 Å². The normalized spacial score (nSPS) is 21.4. The van der Waals surface area contributed by atoms with Gasteiger partial charge < -0.3 is 4.74 Å². The van der Waals surface area contributed by atoms with E-state index in [1.54, 1.807) is 25.1 Å². The van der Waals surface area contributed by atoms with E-state index in [0.717, 1.165) is 5.56 Å². The number of hydrazine groups is 1. The third kappa shape index (κ3) is 4.21. The van der Waals surface area contributed by atoms with Gasteiger partial charge in [0.2, 0.25) is 0 Å². The van der Waals surface area contributed by atoms with Gasteiger partial charge in [-0.1, -0.05) is 26.0 Å². The van der Waals surface area contributed by atoms with E-state index >= 15 is 0 Å². The van der Waals surface area contributed by atoms with E-state index < -0.39 is 27.3 Å². The Morgan fingerprint density at radius 2 is 2.17 bits per heavy atom. The maximum atomic E-state index is 12.6. The standard InChI is InChI=1S/C15H23N3O4S/c1-4-22-15(19)13-9-16-17-14(13)23(20,21)18-12-7-5-6-11(8-12)10(2)3/h5-8,10,13-14,16-18H,4,9H2,1-3H3. The first kappa shape index (κ1) is 17.7. The lowest BCUT2D eigenvalue weighted by Gasteiger charge is -2.19. The summed E-state index contributed by atoms with van der Waals surface area (Å²) in [7, 11) is -3.79. The SMILES string of the molecule is CCOC(=O)C1CNNC1S(=O)(=O)Nc1cccc(C(C)C)c1. The molecule has 0 saturated carbocycles. The van der Waals surface area contributed by atoms with Gasteiger partial charge in [-0.2, -0.15) is 0 Å². The molecule has 7 nitrogen and oxygen atoms in total. The molecule has 2 atom stereocenters. The van der Waals surface area contributed by atoms with Gasteiger partial charge in [0.1, 0.15) is 5.92 Å². The summed E-state index contributed by atoms with van der Waals surface area (Å²) < 4.78 is 32.6. The van der Waals surface area contributed by atoms with Gasteiger partial charge in [-0.05, 0) is 30.5 Å². The van der Waals surface area contributed by atoms with Gasteiger partial charge in [0.05, 0.1) is 6.61 Å². The predicted molar refractivity (Wildman–Crippen MR) is 88.1 cm³/mol. The van der Waals surface area contributed by atoms with E-state index in [-0.39, 0.29) is 19.1 Å². The molecular weight excluding hydrogens is 318 g/mol. The van der Waals surface area contributed by atoms with Gasteiger partial charge in [0, 0.05) is 12.2 Å². The van der Waals surface area contributed by atoms with Crippen molar-refractivity contribution < 1.29 is 17.9 Å². The molecule has 0 bridgehead atoms. The number of ether oxygens (including phenoxy) is 1. The molecule has 1 saturated heterocycles. The fraction of sp³-hybridized carbons (Fsp3) is 0.533. The zero-order valence-electron chi connectivity index (χ0n) is 13.5. The van der Waals surface area contributed by atoms with Crippen LogP contribution in [0.5, 0.6) is 0 Å². The van der Waals surface area contributed by atoms with Gasteiger partial charge in [0.15, 0.2) is 5.37 Å². The first-order valence-electron chi connectivity index (χ1n) is 7.61. The molecule has 2 unspecified atom stereocenters. The van der Waals surface area contributed by atoms with Gasteiger partial charge in [-0.25, -0.2) is 13.8 Å². The maximum Gasteiger partial charge on any atom is 0.313 e. The van der Waals surface area contributed by atoms with E-state index in [0.29, 0.717) is 5.69 Å². The van der Waals surface area contributed by atoms with Crippen LogP contribution in [0.15, 0.2) is 24.3 Å². The van der Waals surface area contributed by atoms with Crippen LogP contribution >= 0.6 is 0 Å². The smallest absolute Gasteiger partial charge is 0.313 e. The minimum atomic E-state index is -3.79. The van der Waals surface area contributed by atoms with Crippen LogP contribution in [0, 0.1) is 5.92 Å². The summed E-state index contributed by atoms with van der Waals surface area (Å²) in [4.78, 5) is 11.9. The summed E-state index contributed by atoms with van der Waals surface area (Å²) in [5, 5.41) is -1.08. The molecule has 0 spiro atoms.